The van der Waals surface area contributed by atoms with E-state index in [9.17, 15) is 0 Å². The minimum absolute atomic E-state index is 0.418. The minimum Gasteiger partial charge on any atom is -0.309 e. The maximum atomic E-state index is 2.43. The fourth-order valence-electron chi connectivity index (χ4n) is 7.61. The molecule has 0 amide bonds. The van der Waals surface area contributed by atoms with E-state index in [1.165, 1.54) is 77.6 Å². The molecule has 1 nitrogen and oxygen atoms in total. The van der Waals surface area contributed by atoms with Crippen molar-refractivity contribution in [3.05, 3.63) is 161 Å². The van der Waals surface area contributed by atoms with Crippen molar-refractivity contribution in [1.82, 2.24) is 4.57 Å². The highest BCUT2D eigenvalue weighted by Crippen LogP contribution is 2.46. The van der Waals surface area contributed by atoms with E-state index < -0.39 is 0 Å². The number of aryl methyl sites for hydroxylation is 2. The Labute approximate surface area is 254 Å². The molecule has 1 aromatic heterocycles. The highest BCUT2D eigenvalue weighted by Gasteiger charge is 2.29. The van der Waals surface area contributed by atoms with E-state index >= 15 is 0 Å². The Morgan fingerprint density at radius 3 is 1.84 bits per heavy atom. The molecule has 0 bridgehead atoms. The molecule has 208 valence electrons. The Morgan fingerprint density at radius 1 is 0.558 bits per heavy atom. The number of benzene rings is 6. The summed E-state index contributed by atoms with van der Waals surface area (Å²) in [5, 5.41) is 2.59. The second-order valence-corrected chi connectivity index (χ2v) is 12.3. The van der Waals surface area contributed by atoms with Gasteiger partial charge in [0.05, 0.1) is 11.0 Å². The van der Waals surface area contributed by atoms with Crippen molar-refractivity contribution in [3.8, 4) is 27.9 Å². The summed E-state index contributed by atoms with van der Waals surface area (Å²) in [6.07, 6.45) is 1.08. The fraction of sp³-hybridized carbons (Fsp3) is 0.143. The number of nitrogens with zero attached hydrogens (tertiary/aromatic N) is 1. The normalized spacial score (nSPS) is 14.9. The first-order chi connectivity index (χ1) is 21.1. The van der Waals surface area contributed by atoms with E-state index in [2.05, 4.69) is 159 Å². The third kappa shape index (κ3) is 4.14. The molecule has 7 aromatic rings. The first-order valence-electron chi connectivity index (χ1n) is 15.5. The van der Waals surface area contributed by atoms with Crippen LogP contribution in [-0.4, -0.2) is 4.57 Å². The van der Waals surface area contributed by atoms with Gasteiger partial charge in [0.2, 0.25) is 0 Å². The molecule has 0 N–H and O–H groups in total. The average molecular weight is 554 g/mol. The van der Waals surface area contributed by atoms with Gasteiger partial charge in [-0.25, -0.2) is 0 Å². The lowest BCUT2D eigenvalue weighted by Gasteiger charge is -2.32. The van der Waals surface area contributed by atoms with Crippen LogP contribution in [0.4, 0.5) is 0 Å². The van der Waals surface area contributed by atoms with Crippen LogP contribution in [0.15, 0.2) is 133 Å². The molecule has 2 atom stereocenters. The van der Waals surface area contributed by atoms with Crippen LogP contribution >= 0.6 is 0 Å². The van der Waals surface area contributed by atoms with Crippen LogP contribution in [-0.2, 0) is 6.42 Å². The van der Waals surface area contributed by atoms with Crippen LogP contribution in [0.25, 0.3) is 49.7 Å². The van der Waals surface area contributed by atoms with E-state index in [0.29, 0.717) is 11.8 Å². The Bertz CT molecular complexity index is 2110. The molecule has 0 radical (unpaired) electrons. The number of para-hydroxylation sites is 2. The maximum Gasteiger partial charge on any atom is 0.0541 e. The van der Waals surface area contributed by atoms with Crippen molar-refractivity contribution >= 4 is 21.8 Å². The predicted molar refractivity (Wildman–Crippen MR) is 182 cm³/mol. The van der Waals surface area contributed by atoms with Crippen molar-refractivity contribution in [2.75, 3.05) is 0 Å². The molecular weight excluding hydrogens is 518 g/mol. The molecule has 6 aromatic carbocycles. The molecule has 0 fully saturated rings. The number of fused-ring (bicyclic) bond motifs is 6. The van der Waals surface area contributed by atoms with Gasteiger partial charge >= 0.3 is 0 Å². The van der Waals surface area contributed by atoms with E-state index in [1.807, 2.05) is 0 Å². The number of rotatable bonds is 4. The van der Waals surface area contributed by atoms with E-state index in [4.69, 9.17) is 0 Å². The molecule has 0 saturated carbocycles. The second-order valence-electron chi connectivity index (χ2n) is 12.3. The zero-order chi connectivity index (χ0) is 29.1. The van der Waals surface area contributed by atoms with Gasteiger partial charge in [0.15, 0.2) is 0 Å². The Morgan fingerprint density at radius 2 is 1.14 bits per heavy atom. The molecule has 1 aliphatic rings. The standard InChI is InChI=1S/C42H35N/c1-27-24-30(29(3)40-26-31-12-4-5-13-35(31)36-14-6-7-15-37(36)40)20-22-33(27)34-23-21-32(25-28(34)2)43-41-18-10-8-16-38(41)39-17-9-11-19-42(39)43/h4-25,29,40H,26H2,1-3H3/t29?,40-/m1/s1. The van der Waals surface area contributed by atoms with Crippen molar-refractivity contribution in [1.29, 1.82) is 0 Å². The quantitative estimate of drug-likeness (QED) is 0.204. The van der Waals surface area contributed by atoms with Crippen molar-refractivity contribution < 1.29 is 0 Å². The highest BCUT2D eigenvalue weighted by molar-refractivity contribution is 6.09. The van der Waals surface area contributed by atoms with Gasteiger partial charge in [-0.1, -0.05) is 116 Å². The lowest BCUT2D eigenvalue weighted by Crippen LogP contribution is -2.17. The first kappa shape index (κ1) is 25.8. The summed E-state index contributed by atoms with van der Waals surface area (Å²) < 4.78 is 2.40. The largest absolute Gasteiger partial charge is 0.309 e. The molecule has 0 saturated heterocycles. The van der Waals surface area contributed by atoms with Gasteiger partial charge < -0.3 is 4.57 Å². The molecule has 43 heavy (non-hydrogen) atoms. The maximum absolute atomic E-state index is 2.43. The van der Waals surface area contributed by atoms with Gasteiger partial charge in [-0.3, -0.25) is 0 Å². The minimum atomic E-state index is 0.418. The Balaban J connectivity index is 1.15. The van der Waals surface area contributed by atoms with Gasteiger partial charge in [-0.05, 0) is 106 Å². The average Bonchev–Trinajstić information content (AvgIpc) is 3.39. The molecule has 1 heteroatoms. The Kier molecular flexibility index (Phi) is 6.08. The van der Waals surface area contributed by atoms with Gasteiger partial charge in [0.1, 0.15) is 0 Å². The molecule has 1 unspecified atom stereocenters. The van der Waals surface area contributed by atoms with Crippen LogP contribution in [0.5, 0.6) is 0 Å². The third-order valence-electron chi connectivity index (χ3n) is 9.83. The first-order valence-corrected chi connectivity index (χ1v) is 15.5. The Hall–Kier alpha value is -4.88. The summed E-state index contributed by atoms with van der Waals surface area (Å²) in [4.78, 5) is 0. The molecule has 0 aliphatic heterocycles. The van der Waals surface area contributed by atoms with Gasteiger partial charge in [0.25, 0.3) is 0 Å². The summed E-state index contributed by atoms with van der Waals surface area (Å²) in [5.74, 6) is 0.879. The van der Waals surface area contributed by atoms with Crippen LogP contribution in [0.1, 0.15) is 46.6 Å². The number of hydrogen-bond acceptors (Lipinski definition) is 0. The zero-order valence-corrected chi connectivity index (χ0v) is 25.0. The summed E-state index contributed by atoms with van der Waals surface area (Å²) >= 11 is 0. The smallest absolute Gasteiger partial charge is 0.0541 e. The summed E-state index contributed by atoms with van der Waals surface area (Å²) in [5.41, 5.74) is 16.1. The fourth-order valence-corrected chi connectivity index (χ4v) is 7.61. The topological polar surface area (TPSA) is 4.93 Å². The molecule has 1 aliphatic carbocycles. The monoisotopic (exact) mass is 553 g/mol. The summed E-state index contributed by atoms with van der Waals surface area (Å²) in [6.45, 7) is 6.94. The number of aromatic nitrogens is 1. The van der Waals surface area contributed by atoms with Crippen molar-refractivity contribution in [2.24, 2.45) is 0 Å². The second kappa shape index (κ2) is 10.1. The van der Waals surface area contributed by atoms with Crippen LogP contribution in [0, 0.1) is 13.8 Å². The van der Waals surface area contributed by atoms with Gasteiger partial charge in [-0.2, -0.15) is 0 Å². The molecule has 0 spiro atoms. The van der Waals surface area contributed by atoms with Crippen LogP contribution in [0.2, 0.25) is 0 Å². The molecule has 1 heterocycles. The summed E-state index contributed by atoms with van der Waals surface area (Å²) in [7, 11) is 0. The van der Waals surface area contributed by atoms with Crippen LogP contribution in [0.3, 0.4) is 0 Å². The SMILES string of the molecule is Cc1cc(C(C)[C@H]2Cc3ccccc3-c3ccccc32)ccc1-c1ccc(-n2c3ccccc3c3ccccc32)cc1C. The molecular formula is C42H35N. The van der Waals surface area contributed by atoms with E-state index in [-0.39, 0.29) is 0 Å². The van der Waals surface area contributed by atoms with Crippen molar-refractivity contribution in [3.63, 3.8) is 0 Å². The lowest BCUT2D eigenvalue weighted by molar-refractivity contribution is 0.568. The summed E-state index contributed by atoms with van der Waals surface area (Å²) in [6, 6.07) is 49.5. The third-order valence-corrected chi connectivity index (χ3v) is 9.83. The van der Waals surface area contributed by atoms with Gasteiger partial charge in [-0.15, -0.1) is 0 Å². The predicted octanol–water partition coefficient (Wildman–Crippen LogP) is 11.2. The molecule has 8 rings (SSSR count). The zero-order valence-electron chi connectivity index (χ0n) is 25.0. The van der Waals surface area contributed by atoms with Gasteiger partial charge in [0, 0.05) is 16.5 Å². The van der Waals surface area contributed by atoms with Crippen molar-refractivity contribution in [2.45, 2.75) is 39.0 Å². The van der Waals surface area contributed by atoms with E-state index in [1.54, 1.807) is 0 Å². The van der Waals surface area contributed by atoms with Crippen LogP contribution < -0.4 is 0 Å². The number of hydrogen-bond donors (Lipinski definition) is 0. The highest BCUT2D eigenvalue weighted by atomic mass is 15.0. The van der Waals surface area contributed by atoms with E-state index in [0.717, 1.165) is 6.42 Å². The lowest BCUT2D eigenvalue weighted by atomic mass is 9.71.